The number of carbonyl (C=O) groups excluding carboxylic acids is 3. The molecule has 2 saturated heterocycles. The molecule has 3 aliphatic rings. The van der Waals surface area contributed by atoms with Crippen LogP contribution >= 0.6 is 0 Å². The topological polar surface area (TPSA) is 338 Å². The zero-order valence-electron chi connectivity index (χ0n) is 42.0. The molecule has 2 bridgehead atoms. The molecule has 2 fully saturated rings. The van der Waals surface area contributed by atoms with Gasteiger partial charge in [-0.3, -0.25) is 14.4 Å². The van der Waals surface area contributed by atoms with Gasteiger partial charge in [0.15, 0.2) is 12.1 Å². The number of nitrogens with one attached hydrogen (secondary N) is 1. The van der Waals surface area contributed by atoms with Gasteiger partial charge in [-0.05, 0) is 31.7 Å². The molecule has 20 nitrogen and oxygen atoms in total. The van der Waals surface area contributed by atoms with E-state index in [4.69, 9.17) is 29.4 Å². The van der Waals surface area contributed by atoms with Crippen molar-refractivity contribution in [1.29, 1.82) is 0 Å². The first-order valence-corrected chi connectivity index (χ1v) is 25.1. The average molecular weight is 1040 g/mol. The number of aliphatic hydroxyl groups excluding tert-OH is 9. The van der Waals surface area contributed by atoms with E-state index in [0.717, 1.165) is 0 Å². The van der Waals surface area contributed by atoms with Crippen LogP contribution in [0.1, 0.15) is 77.2 Å². The second-order valence-corrected chi connectivity index (χ2v) is 19.2. The van der Waals surface area contributed by atoms with E-state index < -0.39 is 147 Å². The fourth-order valence-electron chi connectivity index (χ4n) is 8.58. The molecule has 0 radical (unpaired) electrons. The van der Waals surface area contributed by atoms with Gasteiger partial charge >= 0.3 is 11.9 Å². The highest BCUT2D eigenvalue weighted by molar-refractivity contribution is 5.84. The Kier molecular flexibility index (Phi) is 26.7. The third kappa shape index (κ3) is 22.2. The van der Waals surface area contributed by atoms with Crippen molar-refractivity contribution in [3.05, 3.63) is 121 Å². The molecule has 4 rings (SSSR count). The number of hydrogen-bond acceptors (Lipinski definition) is 19. The molecule has 3 aliphatic heterocycles. The van der Waals surface area contributed by atoms with Crippen LogP contribution in [0.4, 0.5) is 0 Å². The van der Waals surface area contributed by atoms with Crippen LogP contribution < -0.4 is 11.1 Å². The van der Waals surface area contributed by atoms with E-state index in [1.165, 1.54) is 6.08 Å². The number of amides is 1. The average Bonchev–Trinajstić information content (AvgIpc) is 3.33. The van der Waals surface area contributed by atoms with Crippen molar-refractivity contribution >= 4 is 17.8 Å². The first-order valence-electron chi connectivity index (χ1n) is 25.1. The van der Waals surface area contributed by atoms with Crippen LogP contribution in [0.25, 0.3) is 0 Å². The Morgan fingerprint density at radius 2 is 1.32 bits per heavy atom. The van der Waals surface area contributed by atoms with Crippen molar-refractivity contribution in [1.82, 2.24) is 5.32 Å². The molecule has 20 heteroatoms. The molecule has 1 amide bonds. The SMILES string of the molecule is C[C@H]1C[C@H](O)[C@@H](C)/C=C/C=C/C=C/C=C/C=C/C=C/C=C/C(O[C@@H]2OC[C@@H](O)[C@H](N)[C@@H]2O)C[C@@H]2OC(O)(CC(O)CC(O)C(O)CCC(O)CC(O)CC(=O)O1)C[C@H](O)C2C(=O)NCC(=O)OCc1ccccc1. The van der Waals surface area contributed by atoms with Crippen LogP contribution in [-0.4, -0.2) is 173 Å². The van der Waals surface area contributed by atoms with Gasteiger partial charge in [0.25, 0.3) is 0 Å². The lowest BCUT2D eigenvalue weighted by atomic mass is 9.82. The Bertz CT molecular complexity index is 2060. The number of ether oxygens (including phenoxy) is 5. The summed E-state index contributed by atoms with van der Waals surface area (Å²) in [6.45, 7) is 2.49. The maximum atomic E-state index is 13.9. The van der Waals surface area contributed by atoms with Gasteiger partial charge in [-0.15, -0.1) is 0 Å². The van der Waals surface area contributed by atoms with Crippen molar-refractivity contribution in [2.75, 3.05) is 13.2 Å². The summed E-state index contributed by atoms with van der Waals surface area (Å²) in [6, 6.07) is 7.68. The maximum absolute atomic E-state index is 13.9. The predicted molar refractivity (Wildman–Crippen MR) is 269 cm³/mol. The van der Waals surface area contributed by atoms with Gasteiger partial charge in [0.05, 0.1) is 86.0 Å². The lowest BCUT2D eigenvalue weighted by Crippen LogP contribution is -2.59. The number of esters is 2. The van der Waals surface area contributed by atoms with Crippen LogP contribution in [0.3, 0.4) is 0 Å². The summed E-state index contributed by atoms with van der Waals surface area (Å²) < 4.78 is 28.6. The number of fused-ring (bicyclic) bond motifs is 2. The Balaban J connectivity index is 1.58. The van der Waals surface area contributed by atoms with E-state index in [2.05, 4.69) is 5.32 Å². The van der Waals surface area contributed by atoms with Gasteiger partial charge in [0.1, 0.15) is 25.4 Å². The number of nitrogens with two attached hydrogens (primary N) is 1. The zero-order chi connectivity index (χ0) is 54.2. The Morgan fingerprint density at radius 1 is 0.703 bits per heavy atom. The monoisotopic (exact) mass is 1040 g/mol. The molecule has 74 heavy (non-hydrogen) atoms. The Hall–Kier alpha value is -4.75. The Morgan fingerprint density at radius 3 is 1.97 bits per heavy atom. The van der Waals surface area contributed by atoms with Gasteiger partial charge < -0.3 is 85.8 Å². The number of benzene rings is 1. The fourth-order valence-corrected chi connectivity index (χ4v) is 8.58. The summed E-state index contributed by atoms with van der Waals surface area (Å²) in [5, 5.41) is 112. The minimum Gasteiger partial charge on any atom is -0.462 e. The first kappa shape index (κ1) is 61.8. The zero-order valence-corrected chi connectivity index (χ0v) is 42.0. The van der Waals surface area contributed by atoms with Gasteiger partial charge in [0.2, 0.25) is 5.91 Å². The van der Waals surface area contributed by atoms with Crippen molar-refractivity contribution in [2.24, 2.45) is 17.6 Å². The number of cyclic esters (lactones) is 1. The molecule has 0 aromatic heterocycles. The normalized spacial score (nSPS) is 39.2. The molecule has 0 saturated carbocycles. The van der Waals surface area contributed by atoms with E-state index in [1.807, 2.05) is 13.0 Å². The molecular formula is C54H78N2O18. The number of rotatable bonds is 7. The number of hydrogen-bond donors (Lipinski definition) is 12. The molecule has 1 aromatic carbocycles. The second-order valence-electron chi connectivity index (χ2n) is 19.2. The highest BCUT2D eigenvalue weighted by Crippen LogP contribution is 2.38. The third-order valence-electron chi connectivity index (χ3n) is 12.7. The number of aliphatic hydroxyl groups is 10. The van der Waals surface area contributed by atoms with Crippen LogP contribution in [-0.2, 0) is 44.7 Å². The lowest BCUT2D eigenvalue weighted by molar-refractivity contribution is -0.304. The molecule has 0 aliphatic carbocycles. The maximum Gasteiger partial charge on any atom is 0.325 e. The van der Waals surface area contributed by atoms with Crippen molar-refractivity contribution in [3.8, 4) is 0 Å². The lowest BCUT2D eigenvalue weighted by Gasteiger charge is -2.45. The predicted octanol–water partition coefficient (Wildman–Crippen LogP) is 0.852. The quantitative estimate of drug-likeness (QED) is 0.168. The minimum absolute atomic E-state index is 0.0672. The second kappa shape index (κ2) is 32.0. The molecule has 412 valence electrons. The minimum atomic E-state index is -2.36. The van der Waals surface area contributed by atoms with Crippen LogP contribution in [0.2, 0.25) is 0 Å². The van der Waals surface area contributed by atoms with E-state index in [-0.39, 0.29) is 51.2 Å². The van der Waals surface area contributed by atoms with Crippen LogP contribution in [0, 0.1) is 11.8 Å². The van der Waals surface area contributed by atoms with Gasteiger partial charge in [-0.1, -0.05) is 122 Å². The number of carbonyl (C=O) groups is 3. The molecule has 13 N–H and O–H groups in total. The van der Waals surface area contributed by atoms with Gasteiger partial charge in [-0.25, -0.2) is 0 Å². The molecule has 17 atom stereocenters. The summed E-state index contributed by atoms with van der Waals surface area (Å²) >= 11 is 0. The highest BCUT2D eigenvalue weighted by Gasteiger charge is 2.50. The number of allylic oxidation sites excluding steroid dienone is 12. The highest BCUT2D eigenvalue weighted by atomic mass is 16.7. The fraction of sp³-hybridized carbons (Fsp3) is 0.574. The Labute approximate surface area is 432 Å². The van der Waals surface area contributed by atoms with Crippen LogP contribution in [0.15, 0.2) is 115 Å². The van der Waals surface area contributed by atoms with Crippen molar-refractivity contribution < 1.29 is 89.1 Å². The summed E-state index contributed by atoms with van der Waals surface area (Å²) in [4.78, 5) is 39.2. The summed E-state index contributed by atoms with van der Waals surface area (Å²) in [7, 11) is 0. The van der Waals surface area contributed by atoms with Gasteiger partial charge in [0, 0.05) is 38.0 Å². The molecule has 0 spiro atoms. The third-order valence-corrected chi connectivity index (χ3v) is 12.7. The standard InChI is InChI=1S/C54H78N2O18/c1-34-18-14-11-9-7-5-3-4-6-8-10-12-17-21-40(73-53-51(67)50(55)45(64)33-71-53)28-46-49(52(68)56-31-48(66)70-32-36-19-15-13-16-20-36)44(63)30-54(69,74-46)29-39(59)26-43(62)41(60)23-22-37(57)25-38(58)27-47(65)72-35(2)24-42(34)61/h3-21,34-35,37-46,49-51,53,57-64,67,69H,22-33,55H2,1-2H3,(H,56,68)/b4-3+,7-5+,8-6+,11-9+,12-10+,18-14+,21-17+/t34-,35-,37?,38?,39?,40?,41?,42-,43?,44-,45+,46-,49?,50-,51-,53-,54?/m0/s1. The summed E-state index contributed by atoms with van der Waals surface area (Å²) in [5.41, 5.74) is 6.73. The first-order chi connectivity index (χ1) is 35.2. The van der Waals surface area contributed by atoms with E-state index in [9.17, 15) is 65.4 Å². The van der Waals surface area contributed by atoms with Gasteiger partial charge in [-0.2, -0.15) is 0 Å². The van der Waals surface area contributed by atoms with Crippen LogP contribution in [0.5, 0.6) is 0 Å². The molecule has 1 aromatic rings. The van der Waals surface area contributed by atoms with Crippen molar-refractivity contribution in [3.63, 3.8) is 0 Å². The van der Waals surface area contributed by atoms with E-state index >= 15 is 0 Å². The molecular weight excluding hydrogens is 965 g/mol. The van der Waals surface area contributed by atoms with E-state index in [0.29, 0.717) is 5.56 Å². The summed E-state index contributed by atoms with van der Waals surface area (Å²) in [5.74, 6) is -6.49. The smallest absolute Gasteiger partial charge is 0.325 e. The summed E-state index contributed by atoms with van der Waals surface area (Å²) in [6.07, 6.45) is 4.33. The van der Waals surface area contributed by atoms with E-state index in [1.54, 1.807) is 110 Å². The molecule has 8 unspecified atom stereocenters. The van der Waals surface area contributed by atoms with Crippen molar-refractivity contribution in [2.45, 2.75) is 170 Å². The molecule has 3 heterocycles. The largest absolute Gasteiger partial charge is 0.462 e.